The molecule has 0 radical (unpaired) electrons. The Balaban J connectivity index is 1.44. The van der Waals surface area contributed by atoms with Gasteiger partial charge in [0.2, 0.25) is 5.91 Å². The van der Waals surface area contributed by atoms with Crippen LogP contribution in [0.4, 0.5) is 14.5 Å². The van der Waals surface area contributed by atoms with Crippen molar-refractivity contribution in [2.45, 2.75) is 6.54 Å². The molecule has 0 atom stereocenters. The first-order valence-electron chi connectivity index (χ1n) is 8.43. The Morgan fingerprint density at radius 1 is 1.00 bits per heavy atom. The fraction of sp³-hybridized carbons (Fsp3) is 0.316. The number of hydrogen-bond acceptors (Lipinski definition) is 3. The van der Waals surface area contributed by atoms with Gasteiger partial charge in [-0.1, -0.05) is 23.7 Å². The summed E-state index contributed by atoms with van der Waals surface area (Å²) in [7, 11) is 0. The Kier molecular flexibility index (Phi) is 6.19. The molecule has 1 heterocycles. The molecule has 0 aliphatic carbocycles. The molecule has 4 nitrogen and oxygen atoms in total. The smallest absolute Gasteiger partial charge is 0.238 e. The van der Waals surface area contributed by atoms with Crippen molar-refractivity contribution in [3.05, 3.63) is 64.7 Å². The molecule has 1 aliphatic heterocycles. The van der Waals surface area contributed by atoms with E-state index in [9.17, 15) is 13.6 Å². The molecule has 1 N–H and O–H groups in total. The zero-order valence-corrected chi connectivity index (χ0v) is 15.0. The maximum absolute atomic E-state index is 13.2. The van der Waals surface area contributed by atoms with Gasteiger partial charge in [0.1, 0.15) is 0 Å². The Morgan fingerprint density at radius 3 is 2.42 bits per heavy atom. The topological polar surface area (TPSA) is 35.6 Å². The van der Waals surface area contributed by atoms with Crippen molar-refractivity contribution >= 4 is 23.2 Å². The normalized spacial score (nSPS) is 15.8. The highest BCUT2D eigenvalue weighted by atomic mass is 35.5. The van der Waals surface area contributed by atoms with E-state index in [1.807, 2.05) is 29.2 Å². The number of carbonyl (C=O) groups excluding carboxylic acids is 1. The lowest BCUT2D eigenvalue weighted by molar-refractivity contribution is -0.117. The van der Waals surface area contributed by atoms with E-state index >= 15 is 0 Å². The monoisotopic (exact) mass is 379 g/mol. The van der Waals surface area contributed by atoms with Gasteiger partial charge < -0.3 is 5.32 Å². The fourth-order valence-electron chi connectivity index (χ4n) is 2.98. The largest absolute Gasteiger partial charge is 0.325 e. The van der Waals surface area contributed by atoms with Crippen LogP contribution < -0.4 is 5.32 Å². The first-order chi connectivity index (χ1) is 12.5. The van der Waals surface area contributed by atoms with Crippen LogP contribution in [-0.4, -0.2) is 48.4 Å². The maximum Gasteiger partial charge on any atom is 0.238 e. The molecule has 138 valence electrons. The lowest BCUT2D eigenvalue weighted by Crippen LogP contribution is -2.48. The van der Waals surface area contributed by atoms with Gasteiger partial charge in [0.15, 0.2) is 11.6 Å². The number of rotatable bonds is 5. The van der Waals surface area contributed by atoms with E-state index in [0.717, 1.165) is 49.9 Å². The lowest BCUT2D eigenvalue weighted by Gasteiger charge is -2.34. The molecule has 0 bridgehead atoms. The molecule has 0 saturated carbocycles. The summed E-state index contributed by atoms with van der Waals surface area (Å²) in [4.78, 5) is 16.4. The number of nitrogens with zero attached hydrogens (tertiary/aromatic N) is 2. The second kappa shape index (κ2) is 8.58. The molecular formula is C19H20ClF2N3O. The minimum absolute atomic E-state index is 0.226. The van der Waals surface area contributed by atoms with E-state index in [4.69, 9.17) is 11.6 Å². The summed E-state index contributed by atoms with van der Waals surface area (Å²) in [5.41, 5.74) is 1.43. The molecular weight excluding hydrogens is 360 g/mol. The summed E-state index contributed by atoms with van der Waals surface area (Å²) in [6.45, 7) is 4.30. The summed E-state index contributed by atoms with van der Waals surface area (Å²) >= 11 is 6.01. The molecule has 0 unspecified atom stereocenters. The highest BCUT2D eigenvalue weighted by molar-refractivity contribution is 6.30. The quantitative estimate of drug-likeness (QED) is 0.865. The fourth-order valence-corrected chi connectivity index (χ4v) is 3.19. The van der Waals surface area contributed by atoms with Crippen molar-refractivity contribution in [2.24, 2.45) is 0 Å². The van der Waals surface area contributed by atoms with Gasteiger partial charge in [-0.2, -0.15) is 0 Å². The third-order valence-corrected chi connectivity index (χ3v) is 4.57. The van der Waals surface area contributed by atoms with Gasteiger partial charge in [-0.15, -0.1) is 0 Å². The third kappa shape index (κ3) is 5.24. The second-order valence-corrected chi connectivity index (χ2v) is 6.80. The van der Waals surface area contributed by atoms with Gasteiger partial charge in [0.05, 0.1) is 6.54 Å². The Labute approximate surface area is 156 Å². The van der Waals surface area contributed by atoms with Gasteiger partial charge in [-0.25, -0.2) is 8.78 Å². The van der Waals surface area contributed by atoms with Crippen molar-refractivity contribution in [3.8, 4) is 0 Å². The molecule has 1 saturated heterocycles. The molecule has 2 aromatic carbocycles. The van der Waals surface area contributed by atoms with Gasteiger partial charge in [0, 0.05) is 49.5 Å². The summed E-state index contributed by atoms with van der Waals surface area (Å²) in [5, 5.41) is 3.33. The summed E-state index contributed by atoms with van der Waals surface area (Å²) in [6.07, 6.45) is 0. The van der Waals surface area contributed by atoms with Crippen molar-refractivity contribution in [2.75, 3.05) is 38.0 Å². The number of amides is 1. The predicted octanol–water partition coefficient (Wildman–Crippen LogP) is 3.37. The second-order valence-electron chi connectivity index (χ2n) is 6.36. The average Bonchev–Trinajstić information content (AvgIpc) is 2.60. The van der Waals surface area contributed by atoms with Crippen LogP contribution in [-0.2, 0) is 11.3 Å². The molecule has 2 aromatic rings. The molecule has 26 heavy (non-hydrogen) atoms. The van der Waals surface area contributed by atoms with Crippen LogP contribution in [0.1, 0.15) is 5.56 Å². The molecule has 1 amide bonds. The number of piperazine rings is 1. The minimum Gasteiger partial charge on any atom is -0.325 e. The van der Waals surface area contributed by atoms with Gasteiger partial charge in [-0.3, -0.25) is 14.6 Å². The molecule has 0 spiro atoms. The van der Waals surface area contributed by atoms with Crippen molar-refractivity contribution in [1.29, 1.82) is 0 Å². The molecule has 0 aromatic heterocycles. The highest BCUT2D eigenvalue weighted by Crippen LogP contribution is 2.15. The van der Waals surface area contributed by atoms with Gasteiger partial charge in [-0.05, 0) is 29.8 Å². The Bertz CT molecular complexity index is 779. The van der Waals surface area contributed by atoms with Gasteiger partial charge in [0.25, 0.3) is 0 Å². The number of anilines is 1. The SMILES string of the molecule is O=C(CN1CCN(Cc2cccc(Cl)c2)CC1)Nc1ccc(F)c(F)c1. The molecule has 3 rings (SSSR count). The van der Waals surface area contributed by atoms with E-state index in [-0.39, 0.29) is 18.1 Å². The summed E-state index contributed by atoms with van der Waals surface area (Å²) < 4.78 is 26.1. The van der Waals surface area contributed by atoms with E-state index in [0.29, 0.717) is 0 Å². The molecule has 1 fully saturated rings. The van der Waals surface area contributed by atoms with Crippen LogP contribution in [0, 0.1) is 11.6 Å². The Hall–Kier alpha value is -2.02. The zero-order valence-electron chi connectivity index (χ0n) is 14.2. The van der Waals surface area contributed by atoms with E-state index in [1.165, 1.54) is 11.6 Å². The predicted molar refractivity (Wildman–Crippen MR) is 98.2 cm³/mol. The first-order valence-corrected chi connectivity index (χ1v) is 8.81. The first kappa shape index (κ1) is 18.8. The van der Waals surface area contributed by atoms with Crippen LogP contribution in [0.5, 0.6) is 0 Å². The highest BCUT2D eigenvalue weighted by Gasteiger charge is 2.19. The minimum atomic E-state index is -0.975. The van der Waals surface area contributed by atoms with Crippen molar-refractivity contribution in [3.63, 3.8) is 0 Å². The van der Waals surface area contributed by atoms with Gasteiger partial charge >= 0.3 is 0 Å². The summed E-state index contributed by atoms with van der Waals surface area (Å²) in [5.74, 6) is -2.14. The lowest BCUT2D eigenvalue weighted by atomic mass is 10.2. The number of nitrogens with one attached hydrogen (secondary N) is 1. The van der Waals surface area contributed by atoms with Crippen LogP contribution in [0.15, 0.2) is 42.5 Å². The van der Waals surface area contributed by atoms with E-state index < -0.39 is 11.6 Å². The average molecular weight is 380 g/mol. The van der Waals surface area contributed by atoms with Crippen LogP contribution in [0.3, 0.4) is 0 Å². The van der Waals surface area contributed by atoms with E-state index in [1.54, 1.807) is 0 Å². The third-order valence-electron chi connectivity index (χ3n) is 4.33. The number of hydrogen-bond donors (Lipinski definition) is 1. The number of benzene rings is 2. The zero-order chi connectivity index (χ0) is 18.5. The van der Waals surface area contributed by atoms with Crippen LogP contribution in [0.25, 0.3) is 0 Å². The molecule has 1 aliphatic rings. The standard InChI is InChI=1S/C19H20ClF2N3O/c20-15-3-1-2-14(10-15)12-24-6-8-25(9-7-24)13-19(26)23-16-4-5-17(21)18(22)11-16/h1-5,10-11H,6-9,12-13H2,(H,23,26). The van der Waals surface area contributed by atoms with E-state index in [2.05, 4.69) is 10.2 Å². The maximum atomic E-state index is 13.2. The number of halogens is 3. The Morgan fingerprint density at radius 2 is 1.73 bits per heavy atom. The van der Waals surface area contributed by atoms with Crippen molar-refractivity contribution in [1.82, 2.24) is 9.80 Å². The van der Waals surface area contributed by atoms with Crippen molar-refractivity contribution < 1.29 is 13.6 Å². The number of carbonyl (C=O) groups is 1. The van der Waals surface area contributed by atoms with Crippen LogP contribution in [0.2, 0.25) is 5.02 Å². The van der Waals surface area contributed by atoms with Crippen LogP contribution >= 0.6 is 11.6 Å². The summed E-state index contributed by atoms with van der Waals surface area (Å²) in [6, 6.07) is 11.1. The molecule has 7 heteroatoms.